The second kappa shape index (κ2) is 4.45. The molecule has 0 aliphatic heterocycles. The largest absolute Gasteiger partial charge is 0.478 e. The van der Waals surface area contributed by atoms with Gasteiger partial charge in [0.25, 0.3) is 0 Å². The van der Waals surface area contributed by atoms with E-state index in [0.717, 1.165) is 18.7 Å². The number of nitrogens with zero attached hydrogens (tertiary/aromatic N) is 1. The van der Waals surface area contributed by atoms with Gasteiger partial charge >= 0.3 is 5.97 Å². The van der Waals surface area contributed by atoms with Crippen LogP contribution in [0.2, 0.25) is 0 Å². The minimum absolute atomic E-state index is 0.209. The highest BCUT2D eigenvalue weighted by Crippen LogP contribution is 2.07. The summed E-state index contributed by atoms with van der Waals surface area (Å²) in [7, 11) is 0. The van der Waals surface area contributed by atoms with Crippen LogP contribution in [0.3, 0.4) is 0 Å². The smallest absolute Gasteiger partial charge is 0.337 e. The van der Waals surface area contributed by atoms with Crippen LogP contribution in [-0.4, -0.2) is 22.6 Å². The van der Waals surface area contributed by atoms with Crippen LogP contribution in [0.15, 0.2) is 18.5 Å². The van der Waals surface area contributed by atoms with Gasteiger partial charge in [0.1, 0.15) is 0 Å². The molecule has 0 spiro atoms. The molecule has 0 atom stereocenters. The Morgan fingerprint density at radius 2 is 2.38 bits per heavy atom. The molecule has 1 aromatic heterocycles. The van der Waals surface area contributed by atoms with Gasteiger partial charge < -0.3 is 10.4 Å². The maximum atomic E-state index is 10.6. The SMILES string of the molecule is CCCNc1cncc(C(=O)O)c1. The molecule has 0 aromatic carbocycles. The lowest BCUT2D eigenvalue weighted by Gasteiger charge is -2.03. The quantitative estimate of drug-likeness (QED) is 0.738. The number of aromatic nitrogens is 1. The van der Waals surface area contributed by atoms with Gasteiger partial charge in [-0.3, -0.25) is 4.98 Å². The number of carbonyl (C=O) groups is 1. The molecule has 0 saturated heterocycles. The van der Waals surface area contributed by atoms with Crippen molar-refractivity contribution in [3.8, 4) is 0 Å². The van der Waals surface area contributed by atoms with Crippen LogP contribution in [0.4, 0.5) is 5.69 Å². The van der Waals surface area contributed by atoms with Crippen LogP contribution in [-0.2, 0) is 0 Å². The first kappa shape index (κ1) is 9.51. The van der Waals surface area contributed by atoms with Crippen LogP contribution in [0.1, 0.15) is 23.7 Å². The monoisotopic (exact) mass is 180 g/mol. The molecule has 70 valence electrons. The third-order valence-corrected chi connectivity index (χ3v) is 1.56. The molecule has 1 aromatic rings. The molecule has 4 heteroatoms. The molecule has 0 aliphatic carbocycles. The van der Waals surface area contributed by atoms with E-state index in [-0.39, 0.29) is 5.56 Å². The zero-order valence-corrected chi connectivity index (χ0v) is 7.45. The number of nitrogens with one attached hydrogen (secondary N) is 1. The summed E-state index contributed by atoms with van der Waals surface area (Å²) in [6.45, 7) is 2.87. The van der Waals surface area contributed by atoms with Gasteiger partial charge in [-0.15, -0.1) is 0 Å². The molecule has 13 heavy (non-hydrogen) atoms. The van der Waals surface area contributed by atoms with E-state index in [0.29, 0.717) is 0 Å². The summed E-state index contributed by atoms with van der Waals surface area (Å²) in [5.41, 5.74) is 0.961. The standard InChI is InChI=1S/C9H12N2O2/c1-2-3-11-8-4-7(9(12)13)5-10-6-8/h4-6,11H,2-3H2,1H3,(H,12,13). The topological polar surface area (TPSA) is 62.2 Å². The van der Waals surface area contributed by atoms with Crippen molar-refractivity contribution in [2.45, 2.75) is 13.3 Å². The molecule has 0 amide bonds. The molecule has 4 nitrogen and oxygen atoms in total. The number of hydrogen-bond donors (Lipinski definition) is 2. The summed E-state index contributed by atoms with van der Waals surface area (Å²) in [5, 5.41) is 11.7. The Labute approximate surface area is 76.6 Å². The lowest BCUT2D eigenvalue weighted by atomic mass is 10.2. The highest BCUT2D eigenvalue weighted by molar-refractivity contribution is 5.88. The first-order valence-corrected chi connectivity index (χ1v) is 4.16. The predicted molar refractivity (Wildman–Crippen MR) is 50.0 cm³/mol. The number of pyridine rings is 1. The molecular weight excluding hydrogens is 168 g/mol. The summed E-state index contributed by atoms with van der Waals surface area (Å²) in [6.07, 6.45) is 3.94. The number of rotatable bonds is 4. The Balaban J connectivity index is 2.73. The van der Waals surface area contributed by atoms with E-state index in [9.17, 15) is 4.79 Å². The van der Waals surface area contributed by atoms with E-state index in [1.807, 2.05) is 6.92 Å². The van der Waals surface area contributed by atoms with Crippen LogP contribution in [0, 0.1) is 0 Å². The van der Waals surface area contributed by atoms with Crippen LogP contribution in [0.5, 0.6) is 0 Å². The molecule has 0 unspecified atom stereocenters. The zero-order chi connectivity index (χ0) is 9.68. The maximum Gasteiger partial charge on any atom is 0.337 e. The van der Waals surface area contributed by atoms with Crippen molar-refractivity contribution in [2.75, 3.05) is 11.9 Å². The molecule has 0 aliphatic rings. The van der Waals surface area contributed by atoms with Crippen LogP contribution in [0.25, 0.3) is 0 Å². The lowest BCUT2D eigenvalue weighted by molar-refractivity contribution is 0.0696. The first-order valence-electron chi connectivity index (χ1n) is 4.16. The Kier molecular flexibility index (Phi) is 3.25. The Morgan fingerprint density at radius 1 is 1.62 bits per heavy atom. The highest BCUT2D eigenvalue weighted by Gasteiger charge is 2.02. The number of anilines is 1. The van der Waals surface area contributed by atoms with Crippen molar-refractivity contribution in [1.29, 1.82) is 0 Å². The Morgan fingerprint density at radius 3 is 3.00 bits per heavy atom. The average molecular weight is 180 g/mol. The van der Waals surface area contributed by atoms with Gasteiger partial charge in [0.2, 0.25) is 0 Å². The second-order valence-corrected chi connectivity index (χ2v) is 2.69. The molecular formula is C9H12N2O2. The minimum atomic E-state index is -0.951. The van der Waals surface area contributed by atoms with Crippen molar-refractivity contribution in [3.63, 3.8) is 0 Å². The number of hydrogen-bond acceptors (Lipinski definition) is 3. The molecule has 0 bridgehead atoms. The first-order chi connectivity index (χ1) is 6.24. The minimum Gasteiger partial charge on any atom is -0.478 e. The number of aromatic carboxylic acids is 1. The fraction of sp³-hybridized carbons (Fsp3) is 0.333. The summed E-state index contributed by atoms with van der Waals surface area (Å²) >= 11 is 0. The van der Waals surface area contributed by atoms with Gasteiger partial charge in [-0.05, 0) is 12.5 Å². The summed E-state index contributed by atoms with van der Waals surface area (Å²) in [4.78, 5) is 14.4. The molecule has 1 rings (SSSR count). The lowest BCUT2D eigenvalue weighted by Crippen LogP contribution is -2.03. The highest BCUT2D eigenvalue weighted by atomic mass is 16.4. The van der Waals surface area contributed by atoms with Crippen molar-refractivity contribution >= 4 is 11.7 Å². The van der Waals surface area contributed by atoms with Crippen molar-refractivity contribution in [1.82, 2.24) is 4.98 Å². The zero-order valence-electron chi connectivity index (χ0n) is 7.45. The summed E-state index contributed by atoms with van der Waals surface area (Å²) in [6, 6.07) is 1.57. The Hall–Kier alpha value is -1.58. The molecule has 0 radical (unpaired) electrons. The van der Waals surface area contributed by atoms with Gasteiger partial charge in [0.05, 0.1) is 11.3 Å². The van der Waals surface area contributed by atoms with Gasteiger partial charge in [-0.2, -0.15) is 0 Å². The fourth-order valence-electron chi connectivity index (χ4n) is 0.923. The van der Waals surface area contributed by atoms with E-state index in [4.69, 9.17) is 5.11 Å². The molecule has 1 heterocycles. The second-order valence-electron chi connectivity index (χ2n) is 2.69. The third kappa shape index (κ3) is 2.74. The number of carboxylic acids is 1. The van der Waals surface area contributed by atoms with E-state index in [2.05, 4.69) is 10.3 Å². The van der Waals surface area contributed by atoms with Gasteiger partial charge in [-0.25, -0.2) is 4.79 Å². The summed E-state index contributed by atoms with van der Waals surface area (Å²) < 4.78 is 0. The molecule has 0 fully saturated rings. The average Bonchev–Trinajstić information content (AvgIpc) is 2.15. The molecule has 0 saturated carbocycles. The predicted octanol–water partition coefficient (Wildman–Crippen LogP) is 1.60. The van der Waals surface area contributed by atoms with E-state index in [1.54, 1.807) is 12.3 Å². The van der Waals surface area contributed by atoms with E-state index < -0.39 is 5.97 Å². The van der Waals surface area contributed by atoms with E-state index in [1.165, 1.54) is 6.20 Å². The normalized spacial score (nSPS) is 9.62. The van der Waals surface area contributed by atoms with Crippen molar-refractivity contribution in [3.05, 3.63) is 24.0 Å². The van der Waals surface area contributed by atoms with Crippen molar-refractivity contribution < 1.29 is 9.90 Å². The van der Waals surface area contributed by atoms with Crippen molar-refractivity contribution in [2.24, 2.45) is 0 Å². The number of carboxylic acid groups (broad SMARTS) is 1. The third-order valence-electron chi connectivity index (χ3n) is 1.56. The van der Waals surface area contributed by atoms with Crippen LogP contribution >= 0.6 is 0 Å². The fourth-order valence-corrected chi connectivity index (χ4v) is 0.923. The van der Waals surface area contributed by atoms with Crippen LogP contribution < -0.4 is 5.32 Å². The van der Waals surface area contributed by atoms with E-state index >= 15 is 0 Å². The maximum absolute atomic E-state index is 10.6. The van der Waals surface area contributed by atoms with Gasteiger partial charge in [-0.1, -0.05) is 6.92 Å². The Bertz CT molecular complexity index is 299. The molecule has 2 N–H and O–H groups in total. The van der Waals surface area contributed by atoms with Gasteiger partial charge in [0, 0.05) is 18.9 Å². The summed E-state index contributed by atoms with van der Waals surface area (Å²) in [5.74, 6) is -0.951. The van der Waals surface area contributed by atoms with Gasteiger partial charge in [0.15, 0.2) is 0 Å².